The van der Waals surface area contributed by atoms with Crippen LogP contribution in [0.3, 0.4) is 0 Å². The molecule has 1 fully saturated rings. The topological polar surface area (TPSA) is 55.6 Å². The molecule has 0 aromatic heterocycles. The summed E-state index contributed by atoms with van der Waals surface area (Å²) < 4.78 is 5.73. The molecule has 0 spiro atoms. The minimum absolute atomic E-state index is 0.220. The molecule has 0 atom stereocenters. The largest absolute Gasteiger partial charge is 0.491 e. The fourth-order valence-electron chi connectivity index (χ4n) is 3.39. The van der Waals surface area contributed by atoms with Gasteiger partial charge in [0.05, 0.1) is 12.0 Å². The van der Waals surface area contributed by atoms with Crippen molar-refractivity contribution in [3.05, 3.63) is 29.8 Å². The van der Waals surface area contributed by atoms with Gasteiger partial charge in [-0.3, -0.25) is 4.79 Å². The van der Waals surface area contributed by atoms with Crippen LogP contribution >= 0.6 is 0 Å². The van der Waals surface area contributed by atoms with E-state index in [0.29, 0.717) is 26.2 Å². The molecule has 2 N–H and O–H groups in total. The van der Waals surface area contributed by atoms with Crippen molar-refractivity contribution in [2.24, 2.45) is 11.1 Å². The summed E-state index contributed by atoms with van der Waals surface area (Å²) in [6.45, 7) is 2.31. The quantitative estimate of drug-likeness (QED) is 0.896. The van der Waals surface area contributed by atoms with Crippen LogP contribution in [0.25, 0.3) is 0 Å². The zero-order valence-electron chi connectivity index (χ0n) is 11.8. The SMILES string of the molecule is NCC1(C(=O)N2CCOc3ccccc3C2)CCCC1. The third-order valence-electron chi connectivity index (χ3n) is 4.64. The van der Waals surface area contributed by atoms with Crippen LogP contribution in [0.1, 0.15) is 31.2 Å². The molecule has 0 unspecified atom stereocenters. The fraction of sp³-hybridized carbons (Fsp3) is 0.562. The maximum atomic E-state index is 12.9. The Morgan fingerprint density at radius 3 is 2.80 bits per heavy atom. The number of hydrogen-bond donors (Lipinski definition) is 1. The van der Waals surface area contributed by atoms with Gasteiger partial charge in [-0.15, -0.1) is 0 Å². The molecule has 1 saturated carbocycles. The second-order valence-corrected chi connectivity index (χ2v) is 5.87. The first-order valence-electron chi connectivity index (χ1n) is 7.45. The zero-order chi connectivity index (χ0) is 14.0. The van der Waals surface area contributed by atoms with Gasteiger partial charge >= 0.3 is 0 Å². The number of benzene rings is 1. The molecule has 0 bridgehead atoms. The number of ether oxygens (including phenoxy) is 1. The van der Waals surface area contributed by atoms with E-state index in [-0.39, 0.29) is 11.3 Å². The predicted molar refractivity (Wildman–Crippen MR) is 77.3 cm³/mol. The smallest absolute Gasteiger partial charge is 0.230 e. The summed E-state index contributed by atoms with van der Waals surface area (Å²) in [4.78, 5) is 14.8. The highest BCUT2D eigenvalue weighted by molar-refractivity contribution is 5.83. The third kappa shape index (κ3) is 2.29. The van der Waals surface area contributed by atoms with Crippen molar-refractivity contribution < 1.29 is 9.53 Å². The van der Waals surface area contributed by atoms with Gasteiger partial charge in [-0.1, -0.05) is 31.0 Å². The first-order valence-corrected chi connectivity index (χ1v) is 7.45. The van der Waals surface area contributed by atoms with Gasteiger partial charge in [0.25, 0.3) is 0 Å². The van der Waals surface area contributed by atoms with Crippen molar-refractivity contribution in [2.45, 2.75) is 32.2 Å². The molecular formula is C16H22N2O2. The molecule has 1 aromatic carbocycles. The van der Waals surface area contributed by atoms with Gasteiger partial charge in [-0.05, 0) is 18.9 Å². The van der Waals surface area contributed by atoms with Crippen molar-refractivity contribution in [1.29, 1.82) is 0 Å². The van der Waals surface area contributed by atoms with Crippen molar-refractivity contribution in [2.75, 3.05) is 19.7 Å². The minimum Gasteiger partial charge on any atom is -0.491 e. The second kappa shape index (κ2) is 5.44. The maximum Gasteiger partial charge on any atom is 0.230 e. The average molecular weight is 274 g/mol. The van der Waals surface area contributed by atoms with Gasteiger partial charge < -0.3 is 15.4 Å². The highest BCUT2D eigenvalue weighted by atomic mass is 16.5. The average Bonchev–Trinajstić information content (AvgIpc) is 2.87. The molecule has 1 aliphatic carbocycles. The first-order chi connectivity index (χ1) is 9.75. The molecule has 1 heterocycles. The van der Waals surface area contributed by atoms with Crippen molar-refractivity contribution in [1.82, 2.24) is 4.90 Å². The molecule has 3 rings (SSSR count). The summed E-state index contributed by atoms with van der Waals surface area (Å²) in [6.07, 6.45) is 4.09. The monoisotopic (exact) mass is 274 g/mol. The summed E-state index contributed by atoms with van der Waals surface area (Å²) in [5.41, 5.74) is 6.70. The third-order valence-corrected chi connectivity index (χ3v) is 4.64. The maximum absolute atomic E-state index is 12.9. The lowest BCUT2D eigenvalue weighted by molar-refractivity contribution is -0.142. The molecule has 108 valence electrons. The molecule has 4 nitrogen and oxygen atoms in total. The number of fused-ring (bicyclic) bond motifs is 1. The molecule has 20 heavy (non-hydrogen) atoms. The second-order valence-electron chi connectivity index (χ2n) is 5.87. The van der Waals surface area contributed by atoms with E-state index >= 15 is 0 Å². The zero-order valence-corrected chi connectivity index (χ0v) is 11.8. The minimum atomic E-state index is -0.320. The number of hydrogen-bond acceptors (Lipinski definition) is 3. The lowest BCUT2D eigenvalue weighted by Gasteiger charge is -2.32. The van der Waals surface area contributed by atoms with Gasteiger partial charge in [-0.25, -0.2) is 0 Å². The Labute approximate surface area is 119 Å². The number of nitrogens with two attached hydrogens (primary N) is 1. The van der Waals surface area contributed by atoms with Crippen molar-refractivity contribution >= 4 is 5.91 Å². The molecule has 0 radical (unpaired) electrons. The first kappa shape index (κ1) is 13.4. The van der Waals surface area contributed by atoms with Gasteiger partial charge in [-0.2, -0.15) is 0 Å². The van der Waals surface area contributed by atoms with Gasteiger partial charge in [0, 0.05) is 18.7 Å². The van der Waals surface area contributed by atoms with Crippen LogP contribution in [-0.4, -0.2) is 30.5 Å². The Hall–Kier alpha value is -1.55. The summed E-state index contributed by atoms with van der Waals surface area (Å²) in [7, 11) is 0. The van der Waals surface area contributed by atoms with Gasteiger partial charge in [0.15, 0.2) is 0 Å². The van der Waals surface area contributed by atoms with E-state index in [2.05, 4.69) is 0 Å². The summed E-state index contributed by atoms with van der Waals surface area (Å²) in [5, 5.41) is 0. The molecule has 1 aliphatic heterocycles. The lowest BCUT2D eigenvalue weighted by Crippen LogP contribution is -2.47. The highest BCUT2D eigenvalue weighted by Crippen LogP contribution is 2.39. The van der Waals surface area contributed by atoms with Crippen LogP contribution in [0.5, 0.6) is 5.75 Å². The summed E-state index contributed by atoms with van der Waals surface area (Å²) >= 11 is 0. The van der Waals surface area contributed by atoms with E-state index < -0.39 is 0 Å². The van der Waals surface area contributed by atoms with Crippen LogP contribution in [0.4, 0.5) is 0 Å². The van der Waals surface area contributed by atoms with Crippen LogP contribution in [-0.2, 0) is 11.3 Å². The van der Waals surface area contributed by atoms with E-state index in [1.807, 2.05) is 29.2 Å². The number of carbonyl (C=O) groups excluding carboxylic acids is 1. The molecule has 0 saturated heterocycles. The van der Waals surface area contributed by atoms with E-state index in [1.54, 1.807) is 0 Å². The standard InChI is InChI=1S/C16H22N2O2/c17-12-16(7-3-4-8-16)15(19)18-9-10-20-14-6-2-1-5-13(14)11-18/h1-2,5-6H,3-4,7-12,17H2. The van der Waals surface area contributed by atoms with Crippen molar-refractivity contribution in [3.8, 4) is 5.75 Å². The Morgan fingerprint density at radius 2 is 2.05 bits per heavy atom. The molecule has 2 aliphatic rings. The van der Waals surface area contributed by atoms with Crippen LogP contribution in [0, 0.1) is 5.41 Å². The summed E-state index contributed by atoms with van der Waals surface area (Å²) in [6, 6.07) is 7.96. The van der Waals surface area contributed by atoms with E-state index in [1.165, 1.54) is 0 Å². The van der Waals surface area contributed by atoms with E-state index in [4.69, 9.17) is 10.5 Å². The van der Waals surface area contributed by atoms with E-state index in [0.717, 1.165) is 37.0 Å². The predicted octanol–water partition coefficient (Wildman–Crippen LogP) is 1.93. The number of amides is 1. The van der Waals surface area contributed by atoms with Crippen LogP contribution in [0.15, 0.2) is 24.3 Å². The Balaban J connectivity index is 1.82. The fourth-order valence-corrected chi connectivity index (χ4v) is 3.39. The number of nitrogens with zero attached hydrogens (tertiary/aromatic N) is 1. The van der Waals surface area contributed by atoms with Gasteiger partial charge in [0.1, 0.15) is 12.4 Å². The summed E-state index contributed by atoms with van der Waals surface area (Å²) in [5.74, 6) is 1.12. The Morgan fingerprint density at radius 1 is 1.30 bits per heavy atom. The van der Waals surface area contributed by atoms with Crippen LogP contribution in [0.2, 0.25) is 0 Å². The molecular weight excluding hydrogens is 252 g/mol. The van der Waals surface area contributed by atoms with Gasteiger partial charge in [0.2, 0.25) is 5.91 Å². The molecule has 1 aromatic rings. The Kier molecular flexibility index (Phi) is 3.66. The highest BCUT2D eigenvalue weighted by Gasteiger charge is 2.42. The van der Waals surface area contributed by atoms with Crippen LogP contribution < -0.4 is 10.5 Å². The van der Waals surface area contributed by atoms with E-state index in [9.17, 15) is 4.79 Å². The number of para-hydroxylation sites is 1. The normalized spacial score (nSPS) is 20.9. The lowest BCUT2D eigenvalue weighted by atomic mass is 9.84. The van der Waals surface area contributed by atoms with Crippen molar-refractivity contribution in [3.63, 3.8) is 0 Å². The number of carbonyl (C=O) groups is 1. The molecule has 4 heteroatoms. The Bertz CT molecular complexity index is 495. The molecule has 1 amide bonds. The number of rotatable bonds is 2.